The van der Waals surface area contributed by atoms with Crippen LogP contribution in [0.2, 0.25) is 0 Å². The summed E-state index contributed by atoms with van der Waals surface area (Å²) in [6.07, 6.45) is 0. The van der Waals surface area contributed by atoms with Crippen LogP contribution in [0.25, 0.3) is 22.3 Å². The Morgan fingerprint density at radius 1 is 0.920 bits per heavy atom. The zero-order valence-corrected chi connectivity index (χ0v) is 14.6. The molecule has 0 bridgehead atoms. The summed E-state index contributed by atoms with van der Waals surface area (Å²) in [6, 6.07) is 22.2. The van der Waals surface area contributed by atoms with Gasteiger partial charge < -0.3 is 5.32 Å². The number of hydrogen-bond acceptors (Lipinski definition) is 2. The zero-order valence-electron chi connectivity index (χ0n) is 14.6. The molecule has 1 aliphatic heterocycles. The Morgan fingerprint density at radius 2 is 1.52 bits per heavy atom. The van der Waals surface area contributed by atoms with Crippen molar-refractivity contribution in [1.29, 1.82) is 0 Å². The van der Waals surface area contributed by atoms with Gasteiger partial charge >= 0.3 is 0 Å². The second-order valence-electron chi connectivity index (χ2n) is 7.46. The smallest absolute Gasteiger partial charge is 0.252 e. The van der Waals surface area contributed by atoms with E-state index in [0.717, 1.165) is 41.2 Å². The molecule has 126 valence electrons. The fourth-order valence-electron chi connectivity index (χ4n) is 3.54. The van der Waals surface area contributed by atoms with Crippen molar-refractivity contribution in [2.75, 3.05) is 11.9 Å². The summed E-state index contributed by atoms with van der Waals surface area (Å²) >= 11 is 0. The fraction of sp³-hybridized carbons (Fsp3) is 0.227. The maximum absolute atomic E-state index is 12.9. The molecule has 0 aliphatic carbocycles. The van der Waals surface area contributed by atoms with E-state index in [-0.39, 0.29) is 11.0 Å². The minimum Gasteiger partial charge on any atom is -0.370 e. The lowest BCUT2D eigenvalue weighted by Crippen LogP contribution is -2.40. The summed E-state index contributed by atoms with van der Waals surface area (Å²) in [4.78, 5) is 12.9. The molecule has 1 N–H and O–H groups in total. The van der Waals surface area contributed by atoms with Crippen LogP contribution in [0.1, 0.15) is 13.8 Å². The lowest BCUT2D eigenvalue weighted by Gasteiger charge is -2.35. The average molecular weight is 330 g/mol. The Morgan fingerprint density at radius 3 is 2.16 bits per heavy atom. The summed E-state index contributed by atoms with van der Waals surface area (Å²) in [5.41, 5.74) is 4.37. The van der Waals surface area contributed by atoms with Gasteiger partial charge in [0.05, 0.1) is 0 Å². The van der Waals surface area contributed by atoms with Gasteiger partial charge in [-0.25, -0.2) is 0 Å². The van der Waals surface area contributed by atoms with Gasteiger partial charge in [-0.1, -0.05) is 74.5 Å². The van der Waals surface area contributed by atoms with Crippen molar-refractivity contribution >= 4 is 5.82 Å². The highest BCUT2D eigenvalue weighted by Crippen LogP contribution is 2.39. The normalized spacial score (nSPS) is 15.3. The maximum Gasteiger partial charge on any atom is 0.252 e. The summed E-state index contributed by atoms with van der Waals surface area (Å²) in [7, 11) is 0. The van der Waals surface area contributed by atoms with Crippen LogP contribution in [0.5, 0.6) is 0 Å². The van der Waals surface area contributed by atoms with Crippen LogP contribution >= 0.6 is 0 Å². The molecule has 2 aromatic carbocycles. The number of nitrogens with one attached hydrogen (secondary N) is 1. The van der Waals surface area contributed by atoms with E-state index in [1.54, 1.807) is 6.07 Å². The minimum absolute atomic E-state index is 0.0498. The van der Waals surface area contributed by atoms with Crippen LogP contribution in [0, 0.1) is 5.41 Å². The Hall–Kier alpha value is -2.81. The third-order valence-corrected chi connectivity index (χ3v) is 4.78. The summed E-state index contributed by atoms with van der Waals surface area (Å²) in [5, 5.41) is 3.53. The third-order valence-electron chi connectivity index (χ3n) is 4.78. The van der Waals surface area contributed by atoms with Gasteiger partial charge in [-0.2, -0.15) is 0 Å². The van der Waals surface area contributed by atoms with Crippen LogP contribution in [-0.4, -0.2) is 11.1 Å². The average Bonchev–Trinajstić information content (AvgIpc) is 2.63. The molecule has 0 saturated heterocycles. The molecule has 0 radical (unpaired) electrons. The zero-order chi connectivity index (χ0) is 17.4. The number of pyridine rings is 1. The second-order valence-corrected chi connectivity index (χ2v) is 7.46. The molecule has 3 nitrogen and oxygen atoms in total. The molecule has 0 saturated carbocycles. The van der Waals surface area contributed by atoms with Gasteiger partial charge in [0.25, 0.3) is 5.56 Å². The van der Waals surface area contributed by atoms with Gasteiger partial charge in [-0.3, -0.25) is 9.36 Å². The van der Waals surface area contributed by atoms with E-state index >= 15 is 0 Å². The molecule has 3 heteroatoms. The highest BCUT2D eigenvalue weighted by molar-refractivity contribution is 5.90. The number of hydrogen-bond donors (Lipinski definition) is 1. The largest absolute Gasteiger partial charge is 0.370 e. The van der Waals surface area contributed by atoms with Gasteiger partial charge in [0.1, 0.15) is 5.82 Å². The van der Waals surface area contributed by atoms with Crippen molar-refractivity contribution in [3.05, 3.63) is 77.1 Å². The molecule has 3 aromatic rings. The van der Waals surface area contributed by atoms with Gasteiger partial charge in [0.2, 0.25) is 0 Å². The first-order valence-electron chi connectivity index (χ1n) is 8.68. The predicted octanol–water partition coefficient (Wildman–Crippen LogP) is 4.63. The lowest BCUT2D eigenvalue weighted by atomic mass is 9.89. The van der Waals surface area contributed by atoms with Crippen molar-refractivity contribution in [1.82, 2.24) is 4.57 Å². The first-order valence-corrected chi connectivity index (χ1v) is 8.68. The van der Waals surface area contributed by atoms with E-state index in [9.17, 15) is 4.79 Å². The molecule has 0 fully saturated rings. The quantitative estimate of drug-likeness (QED) is 0.743. The number of anilines is 1. The van der Waals surface area contributed by atoms with Gasteiger partial charge in [0, 0.05) is 30.1 Å². The predicted molar refractivity (Wildman–Crippen MR) is 104 cm³/mol. The Labute approximate surface area is 148 Å². The summed E-state index contributed by atoms with van der Waals surface area (Å²) in [5.74, 6) is 0.928. The number of rotatable bonds is 2. The number of nitrogens with zero attached hydrogens (tertiary/aromatic N) is 1. The molecule has 0 atom stereocenters. The Kier molecular flexibility index (Phi) is 3.72. The fourth-order valence-corrected chi connectivity index (χ4v) is 3.54. The third kappa shape index (κ3) is 2.86. The second kappa shape index (κ2) is 5.92. The van der Waals surface area contributed by atoms with Crippen molar-refractivity contribution in [3.63, 3.8) is 0 Å². The maximum atomic E-state index is 12.9. The number of benzene rings is 2. The molecule has 25 heavy (non-hydrogen) atoms. The molecule has 2 heterocycles. The van der Waals surface area contributed by atoms with Crippen LogP contribution < -0.4 is 10.9 Å². The van der Waals surface area contributed by atoms with Crippen molar-refractivity contribution in [2.24, 2.45) is 5.41 Å². The summed E-state index contributed by atoms with van der Waals surface area (Å²) < 4.78 is 1.89. The monoisotopic (exact) mass is 330 g/mol. The van der Waals surface area contributed by atoms with Gasteiger partial charge in [-0.05, 0) is 16.7 Å². The van der Waals surface area contributed by atoms with Crippen LogP contribution in [0.15, 0.2) is 71.5 Å². The first kappa shape index (κ1) is 15.7. The highest BCUT2D eigenvalue weighted by Gasteiger charge is 2.29. The lowest BCUT2D eigenvalue weighted by molar-refractivity contribution is 0.306. The van der Waals surface area contributed by atoms with E-state index < -0.39 is 0 Å². The summed E-state index contributed by atoms with van der Waals surface area (Å²) in [6.45, 7) is 5.94. The number of fused-ring (bicyclic) bond motifs is 1. The van der Waals surface area contributed by atoms with Crippen molar-refractivity contribution in [3.8, 4) is 22.3 Å². The SMILES string of the molecule is CC1(C)CNc2c(-c3ccccc3)c(-c3ccccc3)cc(=O)n2C1. The van der Waals surface area contributed by atoms with Crippen LogP contribution in [-0.2, 0) is 6.54 Å². The molecule has 4 rings (SSSR count). The van der Waals surface area contributed by atoms with E-state index in [1.807, 2.05) is 41.0 Å². The molecular weight excluding hydrogens is 308 g/mol. The van der Waals surface area contributed by atoms with Crippen molar-refractivity contribution < 1.29 is 0 Å². The van der Waals surface area contributed by atoms with E-state index in [1.165, 1.54) is 0 Å². The molecule has 0 amide bonds. The van der Waals surface area contributed by atoms with E-state index in [2.05, 4.69) is 43.4 Å². The first-order chi connectivity index (χ1) is 12.1. The Bertz CT molecular complexity index is 957. The molecule has 0 unspecified atom stereocenters. The highest BCUT2D eigenvalue weighted by atomic mass is 16.1. The van der Waals surface area contributed by atoms with Crippen LogP contribution in [0.3, 0.4) is 0 Å². The van der Waals surface area contributed by atoms with E-state index in [0.29, 0.717) is 0 Å². The molecule has 0 spiro atoms. The standard InChI is InChI=1S/C22H22N2O/c1-22(2)14-23-21-20(17-11-7-4-8-12-17)18(13-19(25)24(21)15-22)16-9-5-3-6-10-16/h3-13,23H,14-15H2,1-2H3. The molecule has 1 aromatic heterocycles. The van der Waals surface area contributed by atoms with Crippen molar-refractivity contribution in [2.45, 2.75) is 20.4 Å². The minimum atomic E-state index is 0.0498. The molecule has 1 aliphatic rings. The van der Waals surface area contributed by atoms with Gasteiger partial charge in [0.15, 0.2) is 0 Å². The van der Waals surface area contributed by atoms with Crippen LogP contribution in [0.4, 0.5) is 5.82 Å². The topological polar surface area (TPSA) is 34.0 Å². The Balaban J connectivity index is 2.03. The molecular formula is C22H22N2O. The van der Waals surface area contributed by atoms with Gasteiger partial charge in [-0.15, -0.1) is 0 Å². The number of aromatic nitrogens is 1. The van der Waals surface area contributed by atoms with E-state index in [4.69, 9.17) is 0 Å².